The molecule has 0 fully saturated rings. The third kappa shape index (κ3) is 2.32. The molecule has 0 aromatic carbocycles. The molecule has 0 saturated heterocycles. The second-order valence-electron chi connectivity index (χ2n) is 3.44. The molecule has 0 saturated carbocycles. The summed E-state index contributed by atoms with van der Waals surface area (Å²) in [4.78, 5) is 25.0. The molecular formula is C10H10F3NO3. The molecule has 0 bridgehead atoms. The van der Waals surface area contributed by atoms with E-state index in [4.69, 9.17) is 0 Å². The number of H-pyrrole nitrogens is 1. The van der Waals surface area contributed by atoms with Crippen LogP contribution in [0, 0.1) is 13.8 Å². The average molecular weight is 249 g/mol. The van der Waals surface area contributed by atoms with Crippen LogP contribution in [0.25, 0.3) is 0 Å². The minimum absolute atomic E-state index is 0.00905. The van der Waals surface area contributed by atoms with E-state index in [1.54, 1.807) is 0 Å². The van der Waals surface area contributed by atoms with Gasteiger partial charge in [0.05, 0.1) is 18.2 Å². The van der Waals surface area contributed by atoms with E-state index in [9.17, 15) is 22.8 Å². The molecule has 0 radical (unpaired) electrons. The van der Waals surface area contributed by atoms with Crippen LogP contribution in [-0.2, 0) is 4.74 Å². The standard InChI is InChI=1S/C10H10F3NO3/c1-4-6(8(15)10(11,12)13)7(5(2)14-4)9(16)17-3/h14H,1-3H3. The van der Waals surface area contributed by atoms with Gasteiger partial charge in [-0.25, -0.2) is 4.79 Å². The Hall–Kier alpha value is -1.79. The number of alkyl halides is 3. The summed E-state index contributed by atoms with van der Waals surface area (Å²) in [6, 6.07) is 0. The predicted octanol–water partition coefficient (Wildman–Crippen LogP) is 2.16. The molecule has 0 amide bonds. The maximum absolute atomic E-state index is 12.4. The van der Waals surface area contributed by atoms with Crippen LogP contribution in [0.3, 0.4) is 0 Å². The van der Waals surface area contributed by atoms with Gasteiger partial charge in [-0.3, -0.25) is 4.79 Å². The first-order valence-corrected chi connectivity index (χ1v) is 4.59. The van der Waals surface area contributed by atoms with E-state index in [0.29, 0.717) is 0 Å². The largest absolute Gasteiger partial charge is 0.465 e. The zero-order valence-electron chi connectivity index (χ0n) is 9.36. The minimum Gasteiger partial charge on any atom is -0.465 e. The van der Waals surface area contributed by atoms with Crippen molar-refractivity contribution in [3.63, 3.8) is 0 Å². The number of aromatic amines is 1. The summed E-state index contributed by atoms with van der Waals surface area (Å²) in [7, 11) is 1.03. The van der Waals surface area contributed by atoms with E-state index < -0.39 is 23.5 Å². The van der Waals surface area contributed by atoms with Gasteiger partial charge in [0.2, 0.25) is 0 Å². The quantitative estimate of drug-likeness (QED) is 0.645. The van der Waals surface area contributed by atoms with E-state index in [2.05, 4.69) is 9.72 Å². The molecule has 0 aliphatic heterocycles. The fourth-order valence-corrected chi connectivity index (χ4v) is 1.56. The Morgan fingerprint density at radius 3 is 2.00 bits per heavy atom. The van der Waals surface area contributed by atoms with Crippen LogP contribution in [0.1, 0.15) is 32.1 Å². The molecule has 17 heavy (non-hydrogen) atoms. The van der Waals surface area contributed by atoms with Crippen LogP contribution in [0.5, 0.6) is 0 Å². The molecule has 0 atom stereocenters. The lowest BCUT2D eigenvalue weighted by atomic mass is 10.0. The highest BCUT2D eigenvalue weighted by atomic mass is 19.4. The van der Waals surface area contributed by atoms with Crippen molar-refractivity contribution < 1.29 is 27.5 Å². The van der Waals surface area contributed by atoms with Crippen LogP contribution >= 0.6 is 0 Å². The maximum Gasteiger partial charge on any atom is 0.454 e. The lowest BCUT2D eigenvalue weighted by molar-refractivity contribution is -0.0886. The number of Topliss-reactive ketones (excluding diaryl/α,β-unsaturated/α-hetero) is 1. The number of hydrogen-bond acceptors (Lipinski definition) is 3. The number of aromatic nitrogens is 1. The first kappa shape index (κ1) is 13.3. The van der Waals surface area contributed by atoms with Gasteiger partial charge in [-0.1, -0.05) is 0 Å². The maximum atomic E-state index is 12.4. The SMILES string of the molecule is COC(=O)c1c(C)[nH]c(C)c1C(=O)C(F)(F)F. The molecule has 0 aliphatic rings. The van der Waals surface area contributed by atoms with E-state index in [1.807, 2.05) is 0 Å². The van der Waals surface area contributed by atoms with Gasteiger partial charge >= 0.3 is 12.1 Å². The Balaban J connectivity index is 3.43. The van der Waals surface area contributed by atoms with Crippen molar-refractivity contribution in [1.82, 2.24) is 4.98 Å². The van der Waals surface area contributed by atoms with Crippen molar-refractivity contribution in [3.8, 4) is 0 Å². The highest BCUT2D eigenvalue weighted by molar-refractivity contribution is 6.10. The summed E-state index contributed by atoms with van der Waals surface area (Å²) in [6.45, 7) is 2.69. The zero-order valence-corrected chi connectivity index (χ0v) is 9.36. The van der Waals surface area contributed by atoms with Crippen molar-refractivity contribution in [2.45, 2.75) is 20.0 Å². The van der Waals surface area contributed by atoms with Crippen LogP contribution in [-0.4, -0.2) is 30.0 Å². The van der Waals surface area contributed by atoms with Crippen LogP contribution in [0.2, 0.25) is 0 Å². The van der Waals surface area contributed by atoms with Crippen LogP contribution in [0.15, 0.2) is 0 Å². The number of esters is 1. The normalized spacial score (nSPS) is 11.4. The molecule has 94 valence electrons. The minimum atomic E-state index is -5.03. The van der Waals surface area contributed by atoms with Gasteiger partial charge in [-0.15, -0.1) is 0 Å². The van der Waals surface area contributed by atoms with Gasteiger partial charge in [0.15, 0.2) is 0 Å². The Kier molecular flexibility index (Phi) is 3.30. The molecule has 1 aromatic rings. The van der Waals surface area contributed by atoms with E-state index in [0.717, 1.165) is 7.11 Å². The second kappa shape index (κ2) is 4.23. The molecule has 1 aromatic heterocycles. The fraction of sp³-hybridized carbons (Fsp3) is 0.400. The van der Waals surface area contributed by atoms with Crippen LogP contribution in [0.4, 0.5) is 13.2 Å². The Morgan fingerprint density at radius 2 is 1.59 bits per heavy atom. The van der Waals surface area contributed by atoms with Gasteiger partial charge in [0, 0.05) is 11.4 Å². The fourth-order valence-electron chi connectivity index (χ4n) is 1.56. The number of rotatable bonds is 2. The summed E-state index contributed by atoms with van der Waals surface area (Å²) >= 11 is 0. The lowest BCUT2D eigenvalue weighted by Crippen LogP contribution is -2.25. The summed E-state index contributed by atoms with van der Waals surface area (Å²) in [5, 5.41) is 0. The first-order chi connectivity index (χ1) is 7.70. The molecule has 1 rings (SSSR count). The summed E-state index contributed by atoms with van der Waals surface area (Å²) < 4.78 is 41.4. The number of carbonyl (C=O) groups excluding carboxylic acids is 2. The highest BCUT2D eigenvalue weighted by Crippen LogP contribution is 2.28. The van der Waals surface area contributed by atoms with Crippen molar-refractivity contribution in [2.24, 2.45) is 0 Å². The third-order valence-electron chi connectivity index (χ3n) is 2.25. The van der Waals surface area contributed by atoms with Gasteiger partial charge < -0.3 is 9.72 Å². The van der Waals surface area contributed by atoms with Gasteiger partial charge in [-0.2, -0.15) is 13.2 Å². The summed E-state index contributed by atoms with van der Waals surface area (Å²) in [5.41, 5.74) is -0.888. The molecule has 0 spiro atoms. The molecule has 7 heteroatoms. The smallest absolute Gasteiger partial charge is 0.454 e. The van der Waals surface area contributed by atoms with Gasteiger partial charge in [0.25, 0.3) is 5.78 Å². The Labute approximate surface area is 94.8 Å². The Bertz CT molecular complexity index is 474. The molecule has 1 N–H and O–H groups in total. The Morgan fingerprint density at radius 1 is 1.12 bits per heavy atom. The van der Waals surface area contributed by atoms with E-state index in [1.165, 1.54) is 13.8 Å². The predicted molar refractivity (Wildman–Crippen MR) is 52.0 cm³/mol. The van der Waals surface area contributed by atoms with Crippen molar-refractivity contribution in [3.05, 3.63) is 22.5 Å². The van der Waals surface area contributed by atoms with Crippen molar-refractivity contribution in [1.29, 1.82) is 0 Å². The van der Waals surface area contributed by atoms with Crippen molar-refractivity contribution >= 4 is 11.8 Å². The molecule has 0 aliphatic carbocycles. The molecule has 0 unspecified atom stereocenters. The summed E-state index contributed by atoms with van der Waals surface area (Å²) in [6.07, 6.45) is -5.03. The zero-order chi connectivity index (χ0) is 13.4. The van der Waals surface area contributed by atoms with Gasteiger partial charge in [0.1, 0.15) is 0 Å². The number of ether oxygens (including phenoxy) is 1. The number of halogens is 3. The molecule has 4 nitrogen and oxygen atoms in total. The van der Waals surface area contributed by atoms with E-state index in [-0.39, 0.29) is 17.0 Å². The number of hydrogen-bond donors (Lipinski definition) is 1. The topological polar surface area (TPSA) is 59.2 Å². The van der Waals surface area contributed by atoms with E-state index >= 15 is 0 Å². The number of carbonyl (C=O) groups is 2. The number of ketones is 1. The third-order valence-corrected chi connectivity index (χ3v) is 2.25. The van der Waals surface area contributed by atoms with Crippen molar-refractivity contribution in [2.75, 3.05) is 7.11 Å². The monoisotopic (exact) mass is 249 g/mol. The number of nitrogens with one attached hydrogen (secondary N) is 1. The highest BCUT2D eigenvalue weighted by Gasteiger charge is 2.43. The second-order valence-corrected chi connectivity index (χ2v) is 3.44. The number of methoxy groups -OCH3 is 1. The van der Waals surface area contributed by atoms with Gasteiger partial charge in [-0.05, 0) is 13.8 Å². The van der Waals surface area contributed by atoms with Crippen LogP contribution < -0.4 is 0 Å². The molecular weight excluding hydrogens is 239 g/mol. The molecule has 1 heterocycles. The number of aryl methyl sites for hydroxylation is 2. The lowest BCUT2D eigenvalue weighted by Gasteiger charge is -2.07. The summed E-state index contributed by atoms with van der Waals surface area (Å²) in [5.74, 6) is -3.03. The average Bonchev–Trinajstić information content (AvgIpc) is 2.49. The first-order valence-electron chi connectivity index (χ1n) is 4.59.